The van der Waals surface area contributed by atoms with Gasteiger partial charge in [-0.05, 0) is 42.8 Å². The molecule has 0 fully saturated rings. The van der Waals surface area contributed by atoms with Crippen molar-refractivity contribution in [3.8, 4) is 22.9 Å². The number of aryl methyl sites for hydroxylation is 1. The molecule has 11 heteroatoms. The van der Waals surface area contributed by atoms with E-state index >= 15 is 0 Å². The van der Waals surface area contributed by atoms with E-state index in [9.17, 15) is 28.0 Å². The molecule has 0 aliphatic rings. The lowest BCUT2D eigenvalue weighted by molar-refractivity contribution is -0.141. The number of carbonyl (C=O) groups excluding carboxylic acids is 1. The highest BCUT2D eigenvalue weighted by molar-refractivity contribution is 6.33. The van der Waals surface area contributed by atoms with Gasteiger partial charge in [0.25, 0.3) is 5.91 Å². The molecule has 0 unspecified atom stereocenters. The van der Waals surface area contributed by atoms with E-state index < -0.39 is 23.7 Å². The number of aliphatic carboxylic acids is 1. The number of carbonyl (C=O) groups is 2. The summed E-state index contributed by atoms with van der Waals surface area (Å²) in [6.07, 6.45) is -4.06. The molecule has 0 saturated heterocycles. The number of rotatable bonds is 7. The Morgan fingerprint density at radius 1 is 1.19 bits per heavy atom. The molecule has 0 spiro atoms. The number of aromatic nitrogens is 1. The molecular weight excluding hydrogens is 499 g/mol. The Morgan fingerprint density at radius 2 is 1.92 bits per heavy atom. The fourth-order valence-electron chi connectivity index (χ4n) is 3.50. The van der Waals surface area contributed by atoms with Crippen LogP contribution in [0.5, 0.6) is 5.75 Å². The molecule has 0 atom stereocenters. The summed E-state index contributed by atoms with van der Waals surface area (Å²) in [5.74, 6) is -1.22. The van der Waals surface area contributed by atoms with Gasteiger partial charge in [0.15, 0.2) is 0 Å². The number of anilines is 1. The maximum absolute atomic E-state index is 13.4. The van der Waals surface area contributed by atoms with Gasteiger partial charge in [0.05, 0.1) is 30.3 Å². The summed E-state index contributed by atoms with van der Waals surface area (Å²) in [6.45, 7) is 1.65. The van der Waals surface area contributed by atoms with Crippen molar-refractivity contribution in [3.63, 3.8) is 0 Å². The lowest BCUT2D eigenvalue weighted by atomic mass is 9.99. The second-order valence-electron chi connectivity index (χ2n) is 7.70. The molecule has 1 amide bonds. The minimum atomic E-state index is -4.73. The Labute approximate surface area is 209 Å². The normalized spacial score (nSPS) is 11.0. The van der Waals surface area contributed by atoms with Crippen LogP contribution < -0.4 is 9.64 Å². The predicted molar refractivity (Wildman–Crippen MR) is 126 cm³/mol. The number of alkyl halides is 3. The first-order chi connectivity index (χ1) is 16.9. The Bertz CT molecular complexity index is 1370. The average Bonchev–Trinajstić information content (AvgIpc) is 2.82. The molecule has 0 saturated carbocycles. The van der Waals surface area contributed by atoms with Crippen LogP contribution in [0, 0.1) is 18.3 Å². The van der Waals surface area contributed by atoms with Gasteiger partial charge >= 0.3 is 12.1 Å². The number of carboxylic acids is 1. The van der Waals surface area contributed by atoms with Gasteiger partial charge in [-0.25, -0.2) is 0 Å². The number of ether oxygens (including phenoxy) is 1. The molecule has 0 bridgehead atoms. The summed E-state index contributed by atoms with van der Waals surface area (Å²) in [5, 5.41) is 18.4. The van der Waals surface area contributed by atoms with E-state index in [2.05, 4.69) is 4.98 Å². The fourth-order valence-corrected chi connectivity index (χ4v) is 3.72. The van der Waals surface area contributed by atoms with Crippen LogP contribution in [-0.2, 0) is 11.0 Å². The molecule has 3 aromatic rings. The van der Waals surface area contributed by atoms with E-state index in [1.54, 1.807) is 31.2 Å². The molecule has 7 nitrogen and oxygen atoms in total. The van der Waals surface area contributed by atoms with Crippen molar-refractivity contribution >= 4 is 29.2 Å². The van der Waals surface area contributed by atoms with Gasteiger partial charge in [-0.2, -0.15) is 18.4 Å². The topological polar surface area (TPSA) is 104 Å². The molecule has 1 heterocycles. The first-order valence-corrected chi connectivity index (χ1v) is 10.8. The molecule has 1 aromatic heterocycles. The number of pyridine rings is 1. The highest BCUT2D eigenvalue weighted by Gasteiger charge is 2.33. The largest absolute Gasteiger partial charge is 0.491 e. The van der Waals surface area contributed by atoms with Gasteiger partial charge in [-0.3, -0.25) is 14.6 Å². The quantitative estimate of drug-likeness (QED) is 0.429. The van der Waals surface area contributed by atoms with Crippen molar-refractivity contribution in [2.75, 3.05) is 18.6 Å². The monoisotopic (exact) mass is 517 g/mol. The first-order valence-electron chi connectivity index (χ1n) is 10.4. The van der Waals surface area contributed by atoms with E-state index in [1.807, 2.05) is 0 Å². The molecular formula is C25H19ClF3N3O4. The number of hydrogen-bond donors (Lipinski definition) is 1. The maximum atomic E-state index is 13.4. The standard InChI is InChI=1S/C25H19ClF3N3O4/c1-14-4-3-5-20(36-9-8-22(33)34)23(14)32(2)24(35)15-6-7-19(26)17(10-15)18-13-31-21(25(27,28)29)11-16(18)12-30/h3-7,10-11,13H,8-9H2,1-2H3,(H,33,34). The van der Waals surface area contributed by atoms with E-state index in [0.717, 1.165) is 6.20 Å². The Hall–Kier alpha value is -4.10. The molecule has 2 aromatic carbocycles. The fraction of sp³-hybridized carbons (Fsp3) is 0.200. The third-order valence-electron chi connectivity index (χ3n) is 5.23. The summed E-state index contributed by atoms with van der Waals surface area (Å²) in [6, 6.07) is 11.6. The molecule has 1 N–H and O–H groups in total. The Morgan fingerprint density at radius 3 is 2.56 bits per heavy atom. The second-order valence-corrected chi connectivity index (χ2v) is 8.10. The van der Waals surface area contributed by atoms with Crippen molar-refractivity contribution in [2.24, 2.45) is 0 Å². The van der Waals surface area contributed by atoms with Crippen molar-refractivity contribution in [2.45, 2.75) is 19.5 Å². The molecule has 0 radical (unpaired) electrons. The van der Waals surface area contributed by atoms with Crippen molar-refractivity contribution in [1.29, 1.82) is 5.26 Å². The van der Waals surface area contributed by atoms with E-state index in [4.69, 9.17) is 21.4 Å². The molecule has 0 aliphatic heterocycles. The summed E-state index contributed by atoms with van der Waals surface area (Å²) < 4.78 is 44.7. The lowest BCUT2D eigenvalue weighted by Gasteiger charge is -2.23. The van der Waals surface area contributed by atoms with Crippen LogP contribution in [0.3, 0.4) is 0 Å². The van der Waals surface area contributed by atoms with Crippen LogP contribution in [0.1, 0.15) is 33.6 Å². The van der Waals surface area contributed by atoms with E-state index in [-0.39, 0.29) is 40.3 Å². The van der Waals surface area contributed by atoms with Gasteiger partial charge in [0, 0.05) is 35.0 Å². The minimum Gasteiger partial charge on any atom is -0.491 e. The number of nitrogens with zero attached hydrogens (tertiary/aromatic N) is 3. The van der Waals surface area contributed by atoms with Crippen LogP contribution in [0.25, 0.3) is 11.1 Å². The van der Waals surface area contributed by atoms with Crippen LogP contribution in [0.2, 0.25) is 5.02 Å². The zero-order chi connectivity index (χ0) is 26.6. The van der Waals surface area contributed by atoms with Crippen LogP contribution in [0.4, 0.5) is 18.9 Å². The summed E-state index contributed by atoms with van der Waals surface area (Å²) in [7, 11) is 1.50. The zero-order valence-electron chi connectivity index (χ0n) is 19.1. The highest BCUT2D eigenvalue weighted by atomic mass is 35.5. The maximum Gasteiger partial charge on any atom is 0.433 e. The number of halogens is 4. The van der Waals surface area contributed by atoms with Gasteiger partial charge in [-0.15, -0.1) is 0 Å². The third kappa shape index (κ3) is 5.75. The summed E-state index contributed by atoms with van der Waals surface area (Å²) in [5.41, 5.74) is -0.0749. The minimum absolute atomic E-state index is 0.0430. The Balaban J connectivity index is 2.00. The first kappa shape index (κ1) is 26.5. The highest BCUT2D eigenvalue weighted by Crippen LogP contribution is 2.36. The number of nitriles is 1. The number of carboxylic acid groups (broad SMARTS) is 1. The van der Waals surface area contributed by atoms with Crippen molar-refractivity contribution < 1.29 is 32.6 Å². The predicted octanol–water partition coefficient (Wildman–Crippen LogP) is 5.73. The number of amides is 1. The van der Waals surface area contributed by atoms with E-state index in [1.165, 1.54) is 30.1 Å². The number of para-hydroxylation sites is 1. The van der Waals surface area contributed by atoms with Crippen LogP contribution in [-0.4, -0.2) is 35.6 Å². The zero-order valence-corrected chi connectivity index (χ0v) is 19.8. The van der Waals surface area contributed by atoms with Gasteiger partial charge < -0.3 is 14.7 Å². The van der Waals surface area contributed by atoms with Crippen molar-refractivity contribution in [3.05, 3.63) is 76.1 Å². The molecule has 0 aliphatic carbocycles. The number of hydrogen-bond acceptors (Lipinski definition) is 5. The third-order valence-corrected chi connectivity index (χ3v) is 5.56. The molecule has 186 valence electrons. The molecule has 3 rings (SSSR count). The second kappa shape index (κ2) is 10.7. The van der Waals surface area contributed by atoms with Gasteiger partial charge in [0.1, 0.15) is 11.4 Å². The Kier molecular flexibility index (Phi) is 7.85. The SMILES string of the molecule is Cc1cccc(OCCC(=O)O)c1N(C)C(=O)c1ccc(Cl)c(-c2cnc(C(F)(F)F)cc2C#N)c1. The van der Waals surface area contributed by atoms with Crippen molar-refractivity contribution in [1.82, 2.24) is 4.98 Å². The average molecular weight is 518 g/mol. The smallest absolute Gasteiger partial charge is 0.433 e. The van der Waals surface area contributed by atoms with Crippen LogP contribution in [0.15, 0.2) is 48.7 Å². The molecule has 36 heavy (non-hydrogen) atoms. The summed E-state index contributed by atoms with van der Waals surface area (Å²) >= 11 is 6.27. The van der Waals surface area contributed by atoms with Crippen LogP contribution >= 0.6 is 11.6 Å². The summed E-state index contributed by atoms with van der Waals surface area (Å²) in [4.78, 5) is 28.9. The lowest BCUT2D eigenvalue weighted by Crippen LogP contribution is -2.27. The number of benzene rings is 2. The van der Waals surface area contributed by atoms with Gasteiger partial charge in [-0.1, -0.05) is 23.7 Å². The van der Waals surface area contributed by atoms with E-state index in [0.29, 0.717) is 23.1 Å². The van der Waals surface area contributed by atoms with Gasteiger partial charge in [0.2, 0.25) is 0 Å².